The molecule has 6 nitrogen and oxygen atoms in total. The summed E-state index contributed by atoms with van der Waals surface area (Å²) in [6.45, 7) is 6.52. The molecular weight excluding hydrogens is 486 g/mol. The van der Waals surface area contributed by atoms with E-state index in [0.29, 0.717) is 36.4 Å². The van der Waals surface area contributed by atoms with Gasteiger partial charge >= 0.3 is 6.03 Å². The molecule has 1 spiro atoms. The number of halogens is 2. The number of alkyl halides is 2. The first-order valence-corrected chi connectivity index (χ1v) is 14.7. The summed E-state index contributed by atoms with van der Waals surface area (Å²) in [5.41, 5.74) is 0.959. The Kier molecular flexibility index (Phi) is 6.90. The van der Waals surface area contributed by atoms with Gasteiger partial charge in [-0.25, -0.2) is 13.6 Å². The lowest BCUT2D eigenvalue weighted by Crippen LogP contribution is -2.60. The predicted molar refractivity (Wildman–Crippen MR) is 142 cm³/mol. The fraction of sp³-hybridized carbons (Fsp3) is 0.733. The summed E-state index contributed by atoms with van der Waals surface area (Å²) >= 11 is 0. The van der Waals surface area contributed by atoms with E-state index in [1.54, 1.807) is 0 Å². The average molecular weight is 529 g/mol. The van der Waals surface area contributed by atoms with Gasteiger partial charge in [0.15, 0.2) is 0 Å². The average Bonchev–Trinajstić information content (AvgIpc) is 3.44. The lowest BCUT2D eigenvalue weighted by Gasteiger charge is -2.50. The molecule has 5 aliphatic rings. The van der Waals surface area contributed by atoms with Gasteiger partial charge in [0.2, 0.25) is 5.91 Å². The molecule has 2 bridgehead atoms. The Morgan fingerprint density at radius 3 is 2.29 bits per heavy atom. The number of hydrogen-bond acceptors (Lipinski definition) is 3. The van der Waals surface area contributed by atoms with Crippen molar-refractivity contribution in [2.24, 2.45) is 11.8 Å². The minimum atomic E-state index is -2.51. The van der Waals surface area contributed by atoms with Crippen LogP contribution < -0.4 is 0 Å². The highest BCUT2D eigenvalue weighted by Gasteiger charge is 2.58. The standard InChI is InChI=1S/C30H42F2N4O2/c1-20(2)36-29(38)34(18-27(31)32)19-30(36)13-24-11-12-25(14-30)35(24)16-23-15-33(28(37)22-9-6-10-22)17-26(23)21-7-4-3-5-8-21/h3-5,7-8,20,22-27H,6,9-19H2,1-2H3/t23-,24?,25?,26-,30?/m1/s1. The number of fused-ring (bicyclic) bond motifs is 2. The van der Waals surface area contributed by atoms with Crippen LogP contribution in [0.25, 0.3) is 0 Å². The van der Waals surface area contributed by atoms with Crippen LogP contribution in [0.2, 0.25) is 0 Å². The summed E-state index contributed by atoms with van der Waals surface area (Å²) in [4.78, 5) is 34.5. The zero-order chi connectivity index (χ0) is 26.6. The van der Waals surface area contributed by atoms with Gasteiger partial charge in [-0.1, -0.05) is 36.8 Å². The normalized spacial score (nSPS) is 33.8. The fourth-order valence-electron chi connectivity index (χ4n) is 8.47. The molecule has 1 saturated carbocycles. The second-order valence-corrected chi connectivity index (χ2v) is 12.9. The number of likely N-dealkylation sites (tertiary alicyclic amines) is 1. The Balaban J connectivity index is 1.20. The van der Waals surface area contributed by atoms with Gasteiger partial charge < -0.3 is 14.7 Å². The van der Waals surface area contributed by atoms with Gasteiger partial charge in [0.25, 0.3) is 6.43 Å². The van der Waals surface area contributed by atoms with Gasteiger partial charge in [-0.05, 0) is 63.9 Å². The summed E-state index contributed by atoms with van der Waals surface area (Å²) in [5, 5.41) is 0. The van der Waals surface area contributed by atoms with Crippen LogP contribution in [0, 0.1) is 11.8 Å². The third-order valence-corrected chi connectivity index (χ3v) is 10.2. The van der Waals surface area contributed by atoms with Gasteiger partial charge in [0.05, 0.1) is 12.1 Å². The third kappa shape index (κ3) is 4.50. The van der Waals surface area contributed by atoms with E-state index in [9.17, 15) is 18.4 Å². The predicted octanol–water partition coefficient (Wildman–Crippen LogP) is 4.81. The molecule has 208 valence electrons. The largest absolute Gasteiger partial charge is 0.341 e. The highest BCUT2D eigenvalue weighted by atomic mass is 19.3. The Morgan fingerprint density at radius 2 is 1.71 bits per heavy atom. The van der Waals surface area contributed by atoms with Crippen molar-refractivity contribution in [3.8, 4) is 0 Å². The monoisotopic (exact) mass is 528 g/mol. The molecule has 5 fully saturated rings. The van der Waals surface area contributed by atoms with Crippen molar-refractivity contribution in [1.29, 1.82) is 0 Å². The Labute approximate surface area is 225 Å². The minimum absolute atomic E-state index is 0.0144. The van der Waals surface area contributed by atoms with E-state index in [-0.39, 0.29) is 23.5 Å². The van der Waals surface area contributed by atoms with Crippen LogP contribution in [0.15, 0.2) is 30.3 Å². The number of rotatable bonds is 7. The molecule has 4 heterocycles. The second kappa shape index (κ2) is 10.1. The lowest BCUT2D eigenvalue weighted by molar-refractivity contribution is -0.137. The molecule has 8 heteroatoms. The molecule has 1 aromatic carbocycles. The number of urea groups is 1. The SMILES string of the molecule is CC(C)N1C(=O)N(CC(F)F)CC12CC1CCC(C2)N1C[C@H]1CN(C(=O)C2CCC2)C[C@@H]1c1ccccc1. The smallest absolute Gasteiger partial charge is 0.321 e. The van der Waals surface area contributed by atoms with E-state index >= 15 is 0 Å². The van der Waals surface area contributed by atoms with E-state index in [4.69, 9.17) is 0 Å². The quantitative estimate of drug-likeness (QED) is 0.511. The van der Waals surface area contributed by atoms with Crippen molar-refractivity contribution in [3.05, 3.63) is 35.9 Å². The maximum absolute atomic E-state index is 13.3. The van der Waals surface area contributed by atoms with Gasteiger partial charge in [-0.3, -0.25) is 9.69 Å². The third-order valence-electron chi connectivity index (χ3n) is 10.2. The molecule has 38 heavy (non-hydrogen) atoms. The van der Waals surface area contributed by atoms with Crippen molar-refractivity contribution in [2.75, 3.05) is 32.7 Å². The fourth-order valence-corrected chi connectivity index (χ4v) is 8.47. The van der Waals surface area contributed by atoms with E-state index in [2.05, 4.69) is 40.1 Å². The van der Waals surface area contributed by atoms with Gasteiger partial charge in [-0.2, -0.15) is 0 Å². The summed E-state index contributed by atoms with van der Waals surface area (Å²) in [5.74, 6) is 1.27. The Morgan fingerprint density at radius 1 is 1.03 bits per heavy atom. The topological polar surface area (TPSA) is 47.1 Å². The lowest BCUT2D eigenvalue weighted by atomic mass is 9.80. The van der Waals surface area contributed by atoms with Gasteiger partial charge in [-0.15, -0.1) is 0 Å². The molecule has 4 aliphatic heterocycles. The van der Waals surface area contributed by atoms with E-state index in [1.165, 1.54) is 16.9 Å². The molecule has 1 aliphatic carbocycles. The van der Waals surface area contributed by atoms with Crippen LogP contribution in [0.4, 0.5) is 13.6 Å². The number of piperidine rings is 1. The van der Waals surface area contributed by atoms with Crippen LogP contribution in [0.3, 0.4) is 0 Å². The van der Waals surface area contributed by atoms with Crippen LogP contribution in [-0.2, 0) is 4.79 Å². The van der Waals surface area contributed by atoms with Crippen molar-refractivity contribution in [2.45, 2.75) is 94.8 Å². The molecule has 3 amide bonds. The molecule has 4 atom stereocenters. The summed E-state index contributed by atoms with van der Waals surface area (Å²) in [6, 6.07) is 11.1. The number of hydrogen-bond donors (Lipinski definition) is 0. The molecule has 0 N–H and O–H groups in total. The van der Waals surface area contributed by atoms with E-state index in [0.717, 1.165) is 58.2 Å². The number of carbonyl (C=O) groups is 2. The highest BCUT2D eigenvalue weighted by Crippen LogP contribution is 2.49. The van der Waals surface area contributed by atoms with Crippen LogP contribution >= 0.6 is 0 Å². The van der Waals surface area contributed by atoms with Crippen LogP contribution in [-0.4, -0.2) is 94.4 Å². The number of nitrogens with zero attached hydrogens (tertiary/aromatic N) is 4. The summed E-state index contributed by atoms with van der Waals surface area (Å²) in [6.07, 6.45) is 4.59. The van der Waals surface area contributed by atoms with E-state index in [1.807, 2.05) is 18.7 Å². The number of benzene rings is 1. The molecule has 1 aromatic rings. The van der Waals surface area contributed by atoms with E-state index < -0.39 is 13.0 Å². The first kappa shape index (κ1) is 26.0. The molecule has 4 saturated heterocycles. The van der Waals surface area contributed by atoms with Crippen LogP contribution in [0.5, 0.6) is 0 Å². The summed E-state index contributed by atoms with van der Waals surface area (Å²) < 4.78 is 26.6. The van der Waals surface area contributed by atoms with Crippen molar-refractivity contribution < 1.29 is 18.4 Å². The first-order chi connectivity index (χ1) is 18.3. The Bertz CT molecular complexity index is 1020. The highest BCUT2D eigenvalue weighted by molar-refractivity contribution is 5.80. The zero-order valence-electron chi connectivity index (χ0n) is 22.8. The van der Waals surface area contributed by atoms with Crippen molar-refractivity contribution >= 4 is 11.9 Å². The second-order valence-electron chi connectivity index (χ2n) is 12.9. The summed E-state index contributed by atoms with van der Waals surface area (Å²) in [7, 11) is 0. The molecule has 0 aromatic heterocycles. The van der Waals surface area contributed by atoms with Gasteiger partial charge in [0.1, 0.15) is 0 Å². The zero-order valence-corrected chi connectivity index (χ0v) is 22.8. The number of carbonyl (C=O) groups excluding carboxylic acids is 2. The van der Waals surface area contributed by atoms with Crippen molar-refractivity contribution in [3.63, 3.8) is 0 Å². The van der Waals surface area contributed by atoms with Crippen LogP contribution in [0.1, 0.15) is 70.3 Å². The maximum atomic E-state index is 13.3. The maximum Gasteiger partial charge on any atom is 0.321 e. The molecule has 6 rings (SSSR count). The van der Waals surface area contributed by atoms with Crippen molar-refractivity contribution in [1.82, 2.24) is 19.6 Å². The van der Waals surface area contributed by atoms with Gasteiger partial charge in [0, 0.05) is 56.1 Å². The Hall–Kier alpha value is -2.22. The number of amides is 3. The molecule has 0 radical (unpaired) electrons. The minimum Gasteiger partial charge on any atom is -0.341 e. The molecule has 2 unspecified atom stereocenters. The molecular formula is C30H42F2N4O2. The first-order valence-electron chi connectivity index (χ1n) is 14.7.